The van der Waals surface area contributed by atoms with Crippen LogP contribution in [0, 0.1) is 0 Å². The van der Waals surface area contributed by atoms with E-state index in [1.807, 2.05) is 24.3 Å². The Balaban J connectivity index is 1.44. The summed E-state index contributed by atoms with van der Waals surface area (Å²) in [7, 11) is 0. The third-order valence-corrected chi connectivity index (χ3v) is 5.43. The zero-order chi connectivity index (χ0) is 17.2. The number of hydrogen-bond donors (Lipinski definition) is 1. The largest absolute Gasteiger partial charge is 0.490 e. The van der Waals surface area contributed by atoms with Gasteiger partial charge in [-0.3, -0.25) is 9.59 Å². The molecule has 2 saturated carbocycles. The van der Waals surface area contributed by atoms with Crippen LogP contribution < -0.4 is 10.1 Å². The van der Waals surface area contributed by atoms with Crippen molar-refractivity contribution in [3.8, 4) is 5.75 Å². The summed E-state index contributed by atoms with van der Waals surface area (Å²) in [6.45, 7) is 0.648. The Hall–Kier alpha value is -2.04. The topological polar surface area (TPSA) is 58.6 Å². The minimum Gasteiger partial charge on any atom is -0.490 e. The first kappa shape index (κ1) is 16.4. The van der Waals surface area contributed by atoms with Gasteiger partial charge in [-0.1, -0.05) is 6.07 Å². The lowest BCUT2D eigenvalue weighted by atomic mass is 10.1. The van der Waals surface area contributed by atoms with Gasteiger partial charge in [0.2, 0.25) is 5.91 Å². The van der Waals surface area contributed by atoms with Crippen molar-refractivity contribution >= 4 is 11.8 Å². The summed E-state index contributed by atoms with van der Waals surface area (Å²) in [5.41, 5.74) is 0.613. The molecular weight excluding hydrogens is 316 g/mol. The molecule has 2 aliphatic carbocycles. The molecule has 1 aromatic carbocycles. The van der Waals surface area contributed by atoms with Crippen molar-refractivity contribution in [2.45, 2.75) is 69.6 Å². The van der Waals surface area contributed by atoms with Gasteiger partial charge < -0.3 is 15.0 Å². The predicted octanol–water partition coefficient (Wildman–Crippen LogP) is 2.89. The van der Waals surface area contributed by atoms with E-state index in [0.29, 0.717) is 18.2 Å². The molecule has 0 spiro atoms. The van der Waals surface area contributed by atoms with Gasteiger partial charge in [0.15, 0.2) is 0 Å². The van der Waals surface area contributed by atoms with Crippen molar-refractivity contribution in [1.82, 2.24) is 10.2 Å². The van der Waals surface area contributed by atoms with E-state index in [0.717, 1.165) is 44.3 Å². The Morgan fingerprint density at radius 3 is 2.60 bits per heavy atom. The molecule has 2 amide bonds. The molecule has 0 aromatic heterocycles. The molecule has 1 aromatic rings. The second-order valence-corrected chi connectivity index (χ2v) is 7.49. The summed E-state index contributed by atoms with van der Waals surface area (Å²) >= 11 is 0. The molecular formula is C20H26N2O3. The lowest BCUT2D eigenvalue weighted by Crippen LogP contribution is -2.46. The van der Waals surface area contributed by atoms with E-state index < -0.39 is 0 Å². The molecule has 0 radical (unpaired) electrons. The quantitative estimate of drug-likeness (QED) is 0.895. The third kappa shape index (κ3) is 3.80. The molecule has 1 N–H and O–H groups in total. The van der Waals surface area contributed by atoms with Crippen LogP contribution in [-0.4, -0.2) is 41.4 Å². The van der Waals surface area contributed by atoms with Gasteiger partial charge in [0, 0.05) is 18.2 Å². The van der Waals surface area contributed by atoms with E-state index >= 15 is 0 Å². The number of likely N-dealkylation sites (tertiary alicyclic amines) is 1. The predicted molar refractivity (Wildman–Crippen MR) is 94.5 cm³/mol. The van der Waals surface area contributed by atoms with Gasteiger partial charge in [-0.2, -0.15) is 0 Å². The number of carbonyl (C=O) groups is 2. The molecule has 5 nitrogen and oxygen atoms in total. The normalized spacial score (nSPS) is 23.7. The third-order valence-electron chi connectivity index (χ3n) is 5.43. The van der Waals surface area contributed by atoms with Crippen molar-refractivity contribution < 1.29 is 14.3 Å². The van der Waals surface area contributed by atoms with Crippen LogP contribution in [0.2, 0.25) is 0 Å². The molecule has 3 aliphatic rings. The summed E-state index contributed by atoms with van der Waals surface area (Å²) in [6, 6.07) is 7.43. The second kappa shape index (κ2) is 7.06. The van der Waals surface area contributed by atoms with Gasteiger partial charge in [0.25, 0.3) is 5.91 Å². The Morgan fingerprint density at radius 2 is 1.84 bits per heavy atom. The fourth-order valence-corrected chi connectivity index (χ4v) is 3.87. The number of nitrogens with zero attached hydrogens (tertiary/aromatic N) is 1. The maximum atomic E-state index is 12.9. The SMILES string of the molecule is O=C(NC1CC1)C1CCCN1C(=O)c1cccc(OC2CCCC2)c1. The maximum Gasteiger partial charge on any atom is 0.254 e. The van der Waals surface area contributed by atoms with Gasteiger partial charge in [-0.25, -0.2) is 0 Å². The van der Waals surface area contributed by atoms with Gasteiger partial charge in [0.1, 0.15) is 11.8 Å². The molecule has 0 bridgehead atoms. The lowest BCUT2D eigenvalue weighted by molar-refractivity contribution is -0.125. The Kier molecular flexibility index (Phi) is 4.64. The average Bonchev–Trinajstić information content (AvgIpc) is 3.10. The Labute approximate surface area is 148 Å². The van der Waals surface area contributed by atoms with E-state index in [9.17, 15) is 9.59 Å². The van der Waals surface area contributed by atoms with Crippen LogP contribution in [0.4, 0.5) is 0 Å². The zero-order valence-electron chi connectivity index (χ0n) is 14.6. The summed E-state index contributed by atoms with van der Waals surface area (Å²) in [4.78, 5) is 27.1. The van der Waals surface area contributed by atoms with Gasteiger partial charge in [0.05, 0.1) is 6.10 Å². The van der Waals surface area contributed by atoms with E-state index in [4.69, 9.17) is 4.74 Å². The molecule has 134 valence electrons. The first-order valence-electron chi connectivity index (χ1n) is 9.59. The molecule has 4 rings (SSSR count). The van der Waals surface area contributed by atoms with E-state index in [1.165, 1.54) is 12.8 Å². The molecule has 1 aliphatic heterocycles. The first-order chi connectivity index (χ1) is 12.2. The number of hydrogen-bond acceptors (Lipinski definition) is 3. The standard InChI is InChI=1S/C20H26N2O3/c23-19(21-15-10-11-15)18-9-4-12-22(18)20(24)14-5-3-8-17(13-14)25-16-6-1-2-7-16/h3,5,8,13,15-16,18H,1-2,4,6-7,9-12H2,(H,21,23). The smallest absolute Gasteiger partial charge is 0.254 e. The highest BCUT2D eigenvalue weighted by atomic mass is 16.5. The fraction of sp³-hybridized carbons (Fsp3) is 0.600. The Morgan fingerprint density at radius 1 is 1.04 bits per heavy atom. The zero-order valence-corrected chi connectivity index (χ0v) is 14.6. The highest BCUT2D eigenvalue weighted by molar-refractivity contribution is 5.98. The number of amides is 2. The molecule has 1 atom stereocenters. The number of carbonyl (C=O) groups excluding carboxylic acids is 2. The van der Waals surface area contributed by atoms with Gasteiger partial charge >= 0.3 is 0 Å². The van der Waals surface area contributed by atoms with Crippen LogP contribution in [-0.2, 0) is 4.79 Å². The maximum absolute atomic E-state index is 12.9. The van der Waals surface area contributed by atoms with Crippen molar-refractivity contribution in [2.75, 3.05) is 6.54 Å². The lowest BCUT2D eigenvalue weighted by Gasteiger charge is -2.24. The van der Waals surface area contributed by atoms with Crippen LogP contribution >= 0.6 is 0 Å². The van der Waals surface area contributed by atoms with Crippen LogP contribution in [0.25, 0.3) is 0 Å². The van der Waals surface area contributed by atoms with Gasteiger partial charge in [-0.15, -0.1) is 0 Å². The number of rotatable bonds is 5. The van der Waals surface area contributed by atoms with Crippen LogP contribution in [0.15, 0.2) is 24.3 Å². The average molecular weight is 342 g/mol. The molecule has 1 heterocycles. The van der Waals surface area contributed by atoms with Crippen LogP contribution in [0.1, 0.15) is 61.7 Å². The van der Waals surface area contributed by atoms with E-state index in [1.54, 1.807) is 4.90 Å². The summed E-state index contributed by atoms with van der Waals surface area (Å²) in [6.07, 6.45) is 8.65. The van der Waals surface area contributed by atoms with Gasteiger partial charge in [-0.05, 0) is 69.6 Å². The second-order valence-electron chi connectivity index (χ2n) is 7.49. The highest BCUT2D eigenvalue weighted by Gasteiger charge is 2.36. The van der Waals surface area contributed by atoms with Crippen molar-refractivity contribution in [3.63, 3.8) is 0 Å². The van der Waals surface area contributed by atoms with Crippen molar-refractivity contribution in [2.24, 2.45) is 0 Å². The van der Waals surface area contributed by atoms with Crippen molar-refractivity contribution in [3.05, 3.63) is 29.8 Å². The van der Waals surface area contributed by atoms with E-state index in [2.05, 4.69) is 5.32 Å². The molecule has 3 fully saturated rings. The van der Waals surface area contributed by atoms with Crippen molar-refractivity contribution in [1.29, 1.82) is 0 Å². The van der Waals surface area contributed by atoms with Crippen LogP contribution in [0.5, 0.6) is 5.75 Å². The molecule has 1 unspecified atom stereocenters. The minimum atomic E-state index is -0.326. The molecule has 25 heavy (non-hydrogen) atoms. The number of nitrogens with one attached hydrogen (secondary N) is 1. The minimum absolute atomic E-state index is 0.00621. The molecule has 1 saturated heterocycles. The Bertz CT molecular complexity index is 650. The molecule has 5 heteroatoms. The summed E-state index contributed by atoms with van der Waals surface area (Å²) < 4.78 is 6.01. The highest BCUT2D eigenvalue weighted by Crippen LogP contribution is 2.27. The van der Waals surface area contributed by atoms with E-state index in [-0.39, 0.29) is 24.0 Å². The first-order valence-corrected chi connectivity index (χ1v) is 9.59. The summed E-state index contributed by atoms with van der Waals surface area (Å²) in [5, 5.41) is 3.03. The number of benzene rings is 1. The fourth-order valence-electron chi connectivity index (χ4n) is 3.87. The monoisotopic (exact) mass is 342 g/mol. The van der Waals surface area contributed by atoms with Crippen LogP contribution in [0.3, 0.4) is 0 Å². The number of ether oxygens (including phenoxy) is 1. The summed E-state index contributed by atoms with van der Waals surface area (Å²) in [5.74, 6) is 0.702.